The first kappa shape index (κ1) is 27.4. The van der Waals surface area contributed by atoms with Crippen molar-refractivity contribution in [3.63, 3.8) is 0 Å². The van der Waals surface area contributed by atoms with Crippen molar-refractivity contribution in [2.45, 2.75) is 39.5 Å². The van der Waals surface area contributed by atoms with Crippen molar-refractivity contribution in [1.29, 1.82) is 0 Å². The Morgan fingerprint density at radius 2 is 1.19 bits per heavy atom. The molecule has 1 unspecified atom stereocenters. The lowest BCUT2D eigenvalue weighted by molar-refractivity contribution is 0.232. The highest BCUT2D eigenvalue weighted by atomic mass is 16.5. The third-order valence-electron chi connectivity index (χ3n) is 7.94. The van der Waals surface area contributed by atoms with Gasteiger partial charge in [0.05, 0.1) is 12.2 Å². The van der Waals surface area contributed by atoms with E-state index < -0.39 is 0 Å². The number of nitrogens with zero attached hydrogens (tertiary/aromatic N) is 3. The summed E-state index contributed by atoms with van der Waals surface area (Å²) >= 11 is 0. The second-order valence-corrected chi connectivity index (χ2v) is 10.8. The molecule has 0 spiro atoms. The Morgan fingerprint density at radius 1 is 0.643 bits per heavy atom. The smallest absolute Gasteiger partial charge is 0.167 e. The van der Waals surface area contributed by atoms with Gasteiger partial charge in [-0.1, -0.05) is 118 Å². The van der Waals surface area contributed by atoms with Crippen LogP contribution in [0.4, 0.5) is 0 Å². The van der Waals surface area contributed by atoms with Crippen LogP contribution in [0.2, 0.25) is 0 Å². The van der Waals surface area contributed by atoms with Gasteiger partial charge in [0.1, 0.15) is 11.5 Å². The molecule has 0 fully saturated rings. The fraction of sp³-hybridized carbons (Fsp3) is 0.216. The number of benzene rings is 5. The van der Waals surface area contributed by atoms with Gasteiger partial charge < -0.3 is 9.84 Å². The predicted molar refractivity (Wildman–Crippen MR) is 172 cm³/mol. The molecule has 1 atom stereocenters. The molecule has 1 N–H and O–H groups in total. The average molecular weight is 554 g/mol. The Kier molecular flexibility index (Phi) is 8.09. The van der Waals surface area contributed by atoms with Gasteiger partial charge in [0.25, 0.3) is 0 Å². The highest BCUT2D eigenvalue weighted by Gasteiger charge is 2.18. The molecular weight excluding hydrogens is 518 g/mol. The zero-order valence-electron chi connectivity index (χ0n) is 24.1. The van der Waals surface area contributed by atoms with Gasteiger partial charge in [-0.2, -0.15) is 0 Å². The molecule has 6 aromatic rings. The lowest BCUT2D eigenvalue weighted by Gasteiger charge is -2.16. The zero-order valence-corrected chi connectivity index (χ0v) is 24.1. The third-order valence-corrected chi connectivity index (χ3v) is 7.94. The van der Waals surface area contributed by atoms with Gasteiger partial charge in [0, 0.05) is 17.2 Å². The molecule has 210 valence electrons. The highest BCUT2D eigenvalue weighted by Crippen LogP contribution is 2.35. The molecule has 0 bridgehead atoms. The van der Waals surface area contributed by atoms with Crippen molar-refractivity contribution in [3.05, 3.63) is 103 Å². The minimum absolute atomic E-state index is 0.0769. The number of rotatable bonds is 10. The van der Waals surface area contributed by atoms with E-state index in [0.717, 1.165) is 45.5 Å². The second kappa shape index (κ2) is 12.4. The van der Waals surface area contributed by atoms with Gasteiger partial charge in [0.2, 0.25) is 0 Å². The molecule has 1 aromatic heterocycles. The molecule has 0 radical (unpaired) electrons. The number of aromatic hydroxyl groups is 1. The molecule has 1 heterocycles. The van der Waals surface area contributed by atoms with Crippen LogP contribution < -0.4 is 4.74 Å². The lowest BCUT2D eigenvalue weighted by Crippen LogP contribution is -2.11. The molecule has 0 saturated heterocycles. The number of phenolic OH excluding ortho intramolecular Hbond substituents is 1. The molecule has 0 aliphatic rings. The van der Waals surface area contributed by atoms with E-state index in [1.54, 1.807) is 6.07 Å². The van der Waals surface area contributed by atoms with Crippen molar-refractivity contribution >= 4 is 21.5 Å². The van der Waals surface area contributed by atoms with Crippen LogP contribution in [0, 0.1) is 5.92 Å². The number of unbranched alkanes of at least 4 members (excludes halogenated alkanes) is 1. The minimum atomic E-state index is 0.0769. The molecular formula is C37H35N3O2. The van der Waals surface area contributed by atoms with Gasteiger partial charge >= 0.3 is 0 Å². The van der Waals surface area contributed by atoms with E-state index in [0.29, 0.717) is 41.3 Å². The normalized spacial score (nSPS) is 12.0. The number of ether oxygens (including phenoxy) is 1. The van der Waals surface area contributed by atoms with E-state index in [9.17, 15) is 5.11 Å². The summed E-state index contributed by atoms with van der Waals surface area (Å²) in [5, 5.41) is 15.5. The quantitative estimate of drug-likeness (QED) is 0.183. The van der Waals surface area contributed by atoms with E-state index in [2.05, 4.69) is 50.2 Å². The van der Waals surface area contributed by atoms with Crippen LogP contribution in [-0.2, 0) is 0 Å². The average Bonchev–Trinajstić information content (AvgIpc) is 3.04. The Labute approximate surface area is 246 Å². The van der Waals surface area contributed by atoms with Crippen LogP contribution in [0.3, 0.4) is 0 Å². The van der Waals surface area contributed by atoms with Crippen molar-refractivity contribution < 1.29 is 9.84 Å². The van der Waals surface area contributed by atoms with Crippen molar-refractivity contribution in [1.82, 2.24) is 15.0 Å². The molecule has 0 aliphatic heterocycles. The Morgan fingerprint density at radius 3 is 1.74 bits per heavy atom. The third kappa shape index (κ3) is 5.68. The van der Waals surface area contributed by atoms with Crippen LogP contribution >= 0.6 is 0 Å². The summed E-state index contributed by atoms with van der Waals surface area (Å²) in [7, 11) is 0. The zero-order chi connectivity index (χ0) is 28.9. The number of fused-ring (bicyclic) bond motifs is 2. The molecule has 5 heteroatoms. The van der Waals surface area contributed by atoms with Crippen LogP contribution in [0.1, 0.15) is 39.5 Å². The van der Waals surface area contributed by atoms with Crippen LogP contribution in [0.15, 0.2) is 103 Å². The number of aromatic nitrogens is 3. The fourth-order valence-corrected chi connectivity index (χ4v) is 5.48. The van der Waals surface area contributed by atoms with Gasteiger partial charge in [-0.3, -0.25) is 0 Å². The van der Waals surface area contributed by atoms with Crippen LogP contribution in [-0.4, -0.2) is 26.7 Å². The topological polar surface area (TPSA) is 68.1 Å². The van der Waals surface area contributed by atoms with Crippen molar-refractivity contribution in [2.24, 2.45) is 5.92 Å². The van der Waals surface area contributed by atoms with Crippen molar-refractivity contribution in [3.8, 4) is 45.7 Å². The summed E-state index contributed by atoms with van der Waals surface area (Å²) in [5.74, 6) is 2.75. The first-order valence-corrected chi connectivity index (χ1v) is 14.8. The fourth-order valence-electron chi connectivity index (χ4n) is 5.48. The minimum Gasteiger partial charge on any atom is -0.507 e. The number of hydrogen-bond donors (Lipinski definition) is 1. The monoisotopic (exact) mass is 553 g/mol. The lowest BCUT2D eigenvalue weighted by atomic mass is 10.0. The highest BCUT2D eigenvalue weighted by molar-refractivity contribution is 5.97. The first-order valence-electron chi connectivity index (χ1n) is 14.8. The van der Waals surface area contributed by atoms with Gasteiger partial charge in [-0.05, 0) is 46.0 Å². The van der Waals surface area contributed by atoms with Crippen molar-refractivity contribution in [2.75, 3.05) is 6.61 Å². The molecule has 0 amide bonds. The number of hydrogen-bond acceptors (Lipinski definition) is 5. The summed E-state index contributed by atoms with van der Waals surface area (Å²) in [4.78, 5) is 14.8. The van der Waals surface area contributed by atoms with Gasteiger partial charge in [-0.15, -0.1) is 0 Å². The summed E-state index contributed by atoms with van der Waals surface area (Å²) in [5.41, 5.74) is 2.36. The largest absolute Gasteiger partial charge is 0.507 e. The summed E-state index contributed by atoms with van der Waals surface area (Å²) in [6.07, 6.45) is 4.60. The first-order chi connectivity index (χ1) is 20.6. The van der Waals surface area contributed by atoms with Gasteiger partial charge in [-0.25, -0.2) is 15.0 Å². The van der Waals surface area contributed by atoms with E-state index in [1.165, 1.54) is 12.8 Å². The van der Waals surface area contributed by atoms with E-state index >= 15 is 0 Å². The molecule has 0 saturated carbocycles. The van der Waals surface area contributed by atoms with Crippen LogP contribution in [0.5, 0.6) is 11.5 Å². The maximum absolute atomic E-state index is 11.2. The van der Waals surface area contributed by atoms with E-state index in [4.69, 9.17) is 19.7 Å². The van der Waals surface area contributed by atoms with E-state index in [-0.39, 0.29) is 5.75 Å². The predicted octanol–water partition coefficient (Wildman–Crippen LogP) is 9.48. The molecule has 6 rings (SSSR count). The Balaban J connectivity index is 1.45. The molecule has 42 heavy (non-hydrogen) atoms. The standard InChI is InChI=1S/C37H35N3O2/c1-3-5-12-25(4-2)24-42-28-21-22-33(34(41)23-28)37-39-35(31-19-10-15-26-13-6-8-17-29(26)31)38-36(40-37)32-20-11-16-27-14-7-9-18-30(27)32/h6-11,13-23,25,41H,3-5,12,24H2,1-2H3. The SMILES string of the molecule is CCCCC(CC)COc1ccc(-c2nc(-c3cccc4ccccc34)nc(-c3cccc4ccccc34)n2)c(O)c1. The molecule has 0 aliphatic carbocycles. The number of phenols is 1. The van der Waals surface area contributed by atoms with Gasteiger partial charge in [0.15, 0.2) is 17.5 Å². The van der Waals surface area contributed by atoms with E-state index in [1.807, 2.05) is 60.7 Å². The second-order valence-electron chi connectivity index (χ2n) is 10.8. The molecule has 5 aromatic carbocycles. The maximum atomic E-state index is 11.2. The molecule has 5 nitrogen and oxygen atoms in total. The summed E-state index contributed by atoms with van der Waals surface area (Å²) in [6.45, 7) is 5.05. The Bertz CT molecular complexity index is 1740. The summed E-state index contributed by atoms with van der Waals surface area (Å²) in [6, 6.07) is 34.1. The Hall–Kier alpha value is -4.77. The maximum Gasteiger partial charge on any atom is 0.167 e. The van der Waals surface area contributed by atoms with Crippen LogP contribution in [0.25, 0.3) is 55.7 Å². The summed E-state index contributed by atoms with van der Waals surface area (Å²) < 4.78 is 6.10.